The van der Waals surface area contributed by atoms with E-state index in [-0.39, 0.29) is 5.56 Å². The predicted octanol–water partition coefficient (Wildman–Crippen LogP) is 3.14. The van der Waals surface area contributed by atoms with Crippen molar-refractivity contribution < 1.29 is 0 Å². The van der Waals surface area contributed by atoms with Gasteiger partial charge in [0.25, 0.3) is 5.56 Å². The molecular weight excluding hydrogens is 332 g/mol. The molecule has 4 rings (SSSR count). The average molecular weight is 354 g/mol. The number of hydrogen-bond donors (Lipinski definition) is 0. The average Bonchev–Trinajstić information content (AvgIpc) is 3.11. The van der Waals surface area contributed by atoms with Crippen molar-refractivity contribution in [3.05, 3.63) is 63.8 Å². The summed E-state index contributed by atoms with van der Waals surface area (Å²) in [7, 11) is 0. The first-order valence-electron chi connectivity index (χ1n) is 8.89. The van der Waals surface area contributed by atoms with Gasteiger partial charge in [-0.3, -0.25) is 19.1 Å². The van der Waals surface area contributed by atoms with E-state index < -0.39 is 0 Å². The van der Waals surface area contributed by atoms with Crippen LogP contribution < -0.4 is 5.56 Å². The Labute approximate surface area is 151 Å². The lowest BCUT2D eigenvalue weighted by atomic mass is 9.97. The number of piperidine rings is 1. The molecule has 3 aromatic rings. The second-order valence-electron chi connectivity index (χ2n) is 6.62. The number of nitrogens with zero attached hydrogens (tertiary/aromatic N) is 4. The third-order valence-electron chi connectivity index (χ3n) is 4.93. The predicted molar refractivity (Wildman–Crippen MR) is 99.9 cm³/mol. The Bertz CT molecular complexity index is 889. The molecule has 1 saturated heterocycles. The van der Waals surface area contributed by atoms with Crippen molar-refractivity contribution in [3.63, 3.8) is 0 Å². The van der Waals surface area contributed by atoms with Gasteiger partial charge >= 0.3 is 0 Å². The van der Waals surface area contributed by atoms with E-state index in [2.05, 4.69) is 27.0 Å². The number of hydrogen-bond acceptors (Lipinski definition) is 5. The van der Waals surface area contributed by atoms with E-state index in [4.69, 9.17) is 0 Å². The summed E-state index contributed by atoms with van der Waals surface area (Å²) in [6.07, 6.45) is 9.48. The molecule has 0 spiro atoms. The Balaban J connectivity index is 1.47. The van der Waals surface area contributed by atoms with Crippen molar-refractivity contribution in [1.82, 2.24) is 19.3 Å². The molecule has 130 valence electrons. The zero-order valence-corrected chi connectivity index (χ0v) is 15.0. The zero-order valence-electron chi connectivity index (χ0n) is 14.2. The number of thiazole rings is 1. The second kappa shape index (κ2) is 7.45. The number of aromatic nitrogens is 3. The summed E-state index contributed by atoms with van der Waals surface area (Å²) in [4.78, 5) is 24.6. The van der Waals surface area contributed by atoms with Crippen LogP contribution in [0.1, 0.15) is 37.1 Å². The molecule has 1 atom stereocenters. The summed E-state index contributed by atoms with van der Waals surface area (Å²) < 4.78 is 1.61. The minimum atomic E-state index is 0.0169. The molecule has 1 fully saturated rings. The van der Waals surface area contributed by atoms with Crippen LogP contribution in [0.4, 0.5) is 0 Å². The highest BCUT2D eigenvalue weighted by molar-refractivity contribution is 7.15. The Morgan fingerprint density at radius 1 is 1.24 bits per heavy atom. The van der Waals surface area contributed by atoms with Crippen LogP contribution in [0.15, 0.2) is 46.8 Å². The van der Waals surface area contributed by atoms with Gasteiger partial charge in [0.2, 0.25) is 0 Å². The van der Waals surface area contributed by atoms with Gasteiger partial charge in [0.15, 0.2) is 4.96 Å². The number of pyridine rings is 1. The first-order valence-corrected chi connectivity index (χ1v) is 9.77. The first-order chi connectivity index (χ1) is 12.3. The van der Waals surface area contributed by atoms with Crippen LogP contribution in [0.25, 0.3) is 4.96 Å². The molecule has 5 nitrogen and oxygen atoms in total. The molecule has 6 heteroatoms. The van der Waals surface area contributed by atoms with Crippen LogP contribution in [0, 0.1) is 0 Å². The third kappa shape index (κ3) is 3.80. The third-order valence-corrected chi connectivity index (χ3v) is 5.69. The molecule has 1 aliphatic heterocycles. The molecule has 4 heterocycles. The lowest BCUT2D eigenvalue weighted by molar-refractivity contribution is 0.130. The number of likely N-dealkylation sites (tertiary alicyclic amines) is 1. The minimum Gasteiger partial charge on any atom is -0.295 e. The fourth-order valence-electron chi connectivity index (χ4n) is 3.63. The monoisotopic (exact) mass is 354 g/mol. The Hall–Kier alpha value is -2.05. The van der Waals surface area contributed by atoms with Gasteiger partial charge in [-0.05, 0) is 44.4 Å². The zero-order chi connectivity index (χ0) is 17.1. The van der Waals surface area contributed by atoms with Crippen molar-refractivity contribution in [1.29, 1.82) is 0 Å². The first kappa shape index (κ1) is 16.4. The van der Waals surface area contributed by atoms with Crippen molar-refractivity contribution >= 4 is 16.3 Å². The maximum Gasteiger partial charge on any atom is 0.258 e. The summed E-state index contributed by atoms with van der Waals surface area (Å²) in [5.74, 6) is 0. The number of rotatable bonds is 5. The van der Waals surface area contributed by atoms with Crippen molar-refractivity contribution in [3.8, 4) is 0 Å². The number of aryl methyl sites for hydroxylation is 1. The van der Waals surface area contributed by atoms with Gasteiger partial charge in [0.1, 0.15) is 0 Å². The molecule has 25 heavy (non-hydrogen) atoms. The van der Waals surface area contributed by atoms with Gasteiger partial charge in [0.05, 0.1) is 5.69 Å². The molecule has 0 saturated carbocycles. The molecule has 0 N–H and O–H groups in total. The van der Waals surface area contributed by atoms with Crippen LogP contribution in [0.2, 0.25) is 0 Å². The van der Waals surface area contributed by atoms with Gasteiger partial charge in [-0.25, -0.2) is 4.98 Å². The van der Waals surface area contributed by atoms with Gasteiger partial charge in [0, 0.05) is 42.1 Å². The van der Waals surface area contributed by atoms with Crippen molar-refractivity contribution in [2.45, 2.75) is 44.7 Å². The van der Waals surface area contributed by atoms with Gasteiger partial charge in [-0.2, -0.15) is 0 Å². The molecule has 0 radical (unpaired) electrons. The van der Waals surface area contributed by atoms with E-state index in [0.29, 0.717) is 6.04 Å². The van der Waals surface area contributed by atoms with Gasteiger partial charge in [-0.15, -0.1) is 11.3 Å². The summed E-state index contributed by atoms with van der Waals surface area (Å²) in [5, 5.41) is 1.91. The molecule has 0 bridgehead atoms. The van der Waals surface area contributed by atoms with E-state index >= 15 is 0 Å². The Morgan fingerprint density at radius 3 is 3.08 bits per heavy atom. The van der Waals surface area contributed by atoms with Gasteiger partial charge in [-0.1, -0.05) is 12.5 Å². The van der Waals surface area contributed by atoms with Crippen LogP contribution in [0.5, 0.6) is 0 Å². The number of fused-ring (bicyclic) bond motifs is 1. The summed E-state index contributed by atoms with van der Waals surface area (Å²) in [5.41, 5.74) is 2.06. The molecular formula is C19H22N4OS. The second-order valence-corrected chi connectivity index (χ2v) is 7.49. The van der Waals surface area contributed by atoms with Crippen LogP contribution in [-0.2, 0) is 13.0 Å². The van der Waals surface area contributed by atoms with E-state index in [1.165, 1.54) is 30.6 Å². The normalized spacial score (nSPS) is 18.6. The molecule has 3 aromatic heterocycles. The van der Waals surface area contributed by atoms with Crippen LogP contribution in [-0.4, -0.2) is 31.9 Å². The molecule has 0 amide bonds. The lowest BCUT2D eigenvalue weighted by Crippen LogP contribution is -2.39. The summed E-state index contributed by atoms with van der Waals surface area (Å²) >= 11 is 1.51. The van der Waals surface area contributed by atoms with E-state index in [1.54, 1.807) is 16.7 Å². The highest BCUT2D eigenvalue weighted by Crippen LogP contribution is 2.23. The topological polar surface area (TPSA) is 50.5 Å². The standard InChI is InChI=1S/C19H22N4OS/c24-18-13-16(21-19-23(18)11-12-25-19)14-22-10-4-2-6-17(22)8-7-15-5-1-3-9-20-15/h1,3,5,9,11-13,17H,2,4,6-8,10,14H2/t17-/m1/s1. The summed E-state index contributed by atoms with van der Waals surface area (Å²) in [6.45, 7) is 1.84. The van der Waals surface area contributed by atoms with E-state index in [0.717, 1.165) is 42.3 Å². The quantitative estimate of drug-likeness (QED) is 0.706. The van der Waals surface area contributed by atoms with Crippen molar-refractivity contribution in [2.75, 3.05) is 6.54 Å². The fourth-order valence-corrected chi connectivity index (χ4v) is 4.37. The van der Waals surface area contributed by atoms with Crippen LogP contribution >= 0.6 is 11.3 Å². The molecule has 1 aliphatic rings. The maximum atomic E-state index is 12.2. The minimum absolute atomic E-state index is 0.0169. The molecule has 0 aromatic carbocycles. The lowest BCUT2D eigenvalue weighted by Gasteiger charge is -2.35. The largest absolute Gasteiger partial charge is 0.295 e. The van der Waals surface area contributed by atoms with Gasteiger partial charge < -0.3 is 0 Å². The smallest absolute Gasteiger partial charge is 0.258 e. The van der Waals surface area contributed by atoms with E-state index in [1.807, 2.05) is 17.6 Å². The Kier molecular flexibility index (Phi) is 4.90. The molecule has 0 unspecified atom stereocenters. The highest BCUT2D eigenvalue weighted by Gasteiger charge is 2.23. The highest BCUT2D eigenvalue weighted by atomic mass is 32.1. The fraction of sp³-hybridized carbons (Fsp3) is 0.421. The van der Waals surface area contributed by atoms with Crippen molar-refractivity contribution in [2.24, 2.45) is 0 Å². The van der Waals surface area contributed by atoms with Crippen LogP contribution in [0.3, 0.4) is 0 Å². The van der Waals surface area contributed by atoms with E-state index in [9.17, 15) is 4.79 Å². The SMILES string of the molecule is O=c1cc(CN2CCCC[C@@H]2CCc2ccccn2)nc2sccn12. The maximum absolute atomic E-state index is 12.2. The summed E-state index contributed by atoms with van der Waals surface area (Å²) in [6, 6.07) is 8.33. The Morgan fingerprint density at radius 2 is 2.20 bits per heavy atom. The molecule has 0 aliphatic carbocycles.